The van der Waals surface area contributed by atoms with E-state index in [-0.39, 0.29) is 5.82 Å². The summed E-state index contributed by atoms with van der Waals surface area (Å²) in [5.74, 6) is -0.234. The lowest BCUT2D eigenvalue weighted by Crippen LogP contribution is -2.15. The van der Waals surface area contributed by atoms with Crippen LogP contribution in [-0.2, 0) is 0 Å². The second-order valence-corrected chi connectivity index (χ2v) is 5.32. The van der Waals surface area contributed by atoms with Gasteiger partial charge in [0, 0.05) is 10.6 Å². The summed E-state index contributed by atoms with van der Waals surface area (Å²) in [5, 5.41) is 0.707. The van der Waals surface area contributed by atoms with Gasteiger partial charge in [0.2, 0.25) is 0 Å². The molecule has 100 valence electrons. The molecule has 0 aliphatic rings. The molecule has 1 nitrogen and oxygen atoms in total. The maximum Gasteiger partial charge on any atom is 0.131 e. The number of nitrogens with two attached hydrogens (primary N) is 1. The molecule has 19 heavy (non-hydrogen) atoms. The van der Waals surface area contributed by atoms with Crippen molar-refractivity contribution in [1.82, 2.24) is 0 Å². The van der Waals surface area contributed by atoms with E-state index in [2.05, 4.69) is 0 Å². The van der Waals surface area contributed by atoms with E-state index in [1.54, 1.807) is 19.1 Å². The second kappa shape index (κ2) is 5.32. The van der Waals surface area contributed by atoms with Crippen LogP contribution in [0.1, 0.15) is 33.9 Å². The Balaban J connectivity index is 2.53. The first-order chi connectivity index (χ1) is 8.91. The lowest BCUT2D eigenvalue weighted by Gasteiger charge is -2.18. The van der Waals surface area contributed by atoms with Gasteiger partial charge in [-0.25, -0.2) is 4.39 Å². The summed E-state index contributed by atoms with van der Waals surface area (Å²) in [6.45, 7) is 5.60. The van der Waals surface area contributed by atoms with Crippen molar-refractivity contribution < 1.29 is 4.39 Å². The minimum Gasteiger partial charge on any atom is -0.320 e. The highest BCUT2D eigenvalue weighted by Crippen LogP contribution is 2.29. The van der Waals surface area contributed by atoms with Crippen LogP contribution in [0.15, 0.2) is 30.3 Å². The van der Waals surface area contributed by atoms with Crippen molar-refractivity contribution in [2.45, 2.75) is 26.8 Å². The number of hydrogen-bond acceptors (Lipinski definition) is 1. The first-order valence-electron chi connectivity index (χ1n) is 6.19. The fourth-order valence-electron chi connectivity index (χ4n) is 2.22. The standard InChI is InChI=1S/C16H17ClFN/c1-9-5-4-6-12(15(9)18)16(19)13-7-11(3)14(17)8-10(13)2/h4-8,16H,19H2,1-3H3. The Bertz CT molecular complexity index is 622. The third-order valence-corrected chi connectivity index (χ3v) is 3.85. The van der Waals surface area contributed by atoms with Crippen LogP contribution >= 0.6 is 11.6 Å². The molecule has 0 aromatic heterocycles. The minimum atomic E-state index is -0.476. The third kappa shape index (κ3) is 2.65. The Hall–Kier alpha value is -1.38. The van der Waals surface area contributed by atoms with Crippen molar-refractivity contribution >= 4 is 11.6 Å². The fraction of sp³-hybridized carbons (Fsp3) is 0.250. The molecule has 0 aliphatic carbocycles. The van der Waals surface area contributed by atoms with Gasteiger partial charge in [-0.05, 0) is 49.1 Å². The van der Waals surface area contributed by atoms with E-state index in [1.165, 1.54) is 0 Å². The van der Waals surface area contributed by atoms with Gasteiger partial charge in [0.25, 0.3) is 0 Å². The van der Waals surface area contributed by atoms with Crippen LogP contribution in [0.3, 0.4) is 0 Å². The number of rotatable bonds is 2. The molecule has 2 rings (SSSR count). The van der Waals surface area contributed by atoms with Gasteiger partial charge < -0.3 is 5.73 Å². The largest absolute Gasteiger partial charge is 0.320 e. The highest BCUT2D eigenvalue weighted by atomic mass is 35.5. The van der Waals surface area contributed by atoms with Gasteiger partial charge in [-0.15, -0.1) is 0 Å². The predicted octanol–water partition coefficient (Wildman–Crippen LogP) is 4.45. The molecule has 0 fully saturated rings. The van der Waals surface area contributed by atoms with Gasteiger partial charge in [-0.3, -0.25) is 0 Å². The highest BCUT2D eigenvalue weighted by Gasteiger charge is 2.17. The summed E-state index contributed by atoms with van der Waals surface area (Å²) >= 11 is 6.08. The van der Waals surface area contributed by atoms with Crippen molar-refractivity contribution in [2.75, 3.05) is 0 Å². The number of benzene rings is 2. The lowest BCUT2D eigenvalue weighted by atomic mass is 9.93. The first kappa shape index (κ1) is 14.0. The molecule has 0 bridgehead atoms. The normalized spacial score (nSPS) is 12.5. The summed E-state index contributed by atoms with van der Waals surface area (Å²) in [6, 6.07) is 8.63. The average Bonchev–Trinajstić information content (AvgIpc) is 2.36. The monoisotopic (exact) mass is 277 g/mol. The maximum atomic E-state index is 14.1. The van der Waals surface area contributed by atoms with Gasteiger partial charge in [0.1, 0.15) is 5.82 Å². The molecular formula is C16H17ClFN. The van der Waals surface area contributed by atoms with Crippen LogP contribution in [0, 0.1) is 26.6 Å². The Labute approximate surface area is 118 Å². The fourth-order valence-corrected chi connectivity index (χ4v) is 2.43. The molecule has 0 saturated heterocycles. The van der Waals surface area contributed by atoms with E-state index in [4.69, 9.17) is 17.3 Å². The van der Waals surface area contributed by atoms with Crippen LogP contribution in [0.2, 0.25) is 5.02 Å². The SMILES string of the molecule is Cc1cc(C(N)c2cccc(C)c2F)c(C)cc1Cl. The molecule has 0 spiro atoms. The third-order valence-electron chi connectivity index (χ3n) is 3.44. The molecule has 0 heterocycles. The van der Waals surface area contributed by atoms with Gasteiger partial charge in [0.05, 0.1) is 6.04 Å². The highest BCUT2D eigenvalue weighted by molar-refractivity contribution is 6.31. The quantitative estimate of drug-likeness (QED) is 0.862. The Morgan fingerprint density at radius 3 is 2.37 bits per heavy atom. The number of aryl methyl sites for hydroxylation is 3. The zero-order valence-corrected chi connectivity index (χ0v) is 12.1. The van der Waals surface area contributed by atoms with Crippen molar-refractivity contribution in [2.24, 2.45) is 5.73 Å². The van der Waals surface area contributed by atoms with Crippen LogP contribution in [0.5, 0.6) is 0 Å². The van der Waals surface area contributed by atoms with Crippen LogP contribution in [-0.4, -0.2) is 0 Å². The van der Waals surface area contributed by atoms with Crippen molar-refractivity contribution in [3.05, 3.63) is 69.0 Å². The zero-order valence-electron chi connectivity index (χ0n) is 11.3. The molecule has 2 aromatic rings. The zero-order chi connectivity index (χ0) is 14.2. The van der Waals surface area contributed by atoms with Gasteiger partial charge >= 0.3 is 0 Å². The Kier molecular flexibility index (Phi) is 3.93. The van der Waals surface area contributed by atoms with E-state index in [0.717, 1.165) is 16.7 Å². The van der Waals surface area contributed by atoms with Crippen molar-refractivity contribution in [1.29, 1.82) is 0 Å². The molecule has 2 N–H and O–H groups in total. The van der Waals surface area contributed by atoms with Crippen LogP contribution in [0.25, 0.3) is 0 Å². The molecule has 3 heteroatoms. The Morgan fingerprint density at radius 1 is 1.00 bits per heavy atom. The second-order valence-electron chi connectivity index (χ2n) is 4.91. The van der Waals surface area contributed by atoms with E-state index < -0.39 is 6.04 Å². The minimum absolute atomic E-state index is 0.234. The van der Waals surface area contributed by atoms with Crippen LogP contribution in [0.4, 0.5) is 4.39 Å². The molecule has 1 atom stereocenters. The summed E-state index contributed by atoms with van der Waals surface area (Å²) in [6.07, 6.45) is 0. The molecule has 0 aliphatic heterocycles. The van der Waals surface area contributed by atoms with Crippen molar-refractivity contribution in [3.8, 4) is 0 Å². The van der Waals surface area contributed by atoms with E-state index in [9.17, 15) is 4.39 Å². The lowest BCUT2D eigenvalue weighted by molar-refractivity contribution is 0.590. The molecule has 0 radical (unpaired) electrons. The smallest absolute Gasteiger partial charge is 0.131 e. The van der Waals surface area contributed by atoms with Crippen molar-refractivity contribution in [3.63, 3.8) is 0 Å². The molecule has 2 aromatic carbocycles. The molecule has 0 saturated carbocycles. The summed E-state index contributed by atoms with van der Waals surface area (Å²) in [5.41, 5.74) is 10.2. The first-order valence-corrected chi connectivity index (χ1v) is 6.57. The predicted molar refractivity (Wildman–Crippen MR) is 78.1 cm³/mol. The van der Waals surface area contributed by atoms with E-state index >= 15 is 0 Å². The average molecular weight is 278 g/mol. The Morgan fingerprint density at radius 2 is 1.68 bits per heavy atom. The van der Waals surface area contributed by atoms with Gasteiger partial charge in [0.15, 0.2) is 0 Å². The van der Waals surface area contributed by atoms with Gasteiger partial charge in [-0.1, -0.05) is 35.9 Å². The van der Waals surface area contributed by atoms with Crippen LogP contribution < -0.4 is 5.73 Å². The summed E-state index contributed by atoms with van der Waals surface area (Å²) < 4.78 is 14.1. The van der Waals surface area contributed by atoms with Gasteiger partial charge in [-0.2, -0.15) is 0 Å². The maximum absolute atomic E-state index is 14.1. The molecule has 0 amide bonds. The van der Waals surface area contributed by atoms with E-state index in [1.807, 2.05) is 32.0 Å². The van der Waals surface area contributed by atoms with E-state index in [0.29, 0.717) is 16.1 Å². The molecular weight excluding hydrogens is 261 g/mol. The number of hydrogen-bond donors (Lipinski definition) is 1. The summed E-state index contributed by atoms with van der Waals surface area (Å²) in [7, 11) is 0. The summed E-state index contributed by atoms with van der Waals surface area (Å²) in [4.78, 5) is 0. The molecule has 1 unspecified atom stereocenters. The number of halogens is 2. The topological polar surface area (TPSA) is 26.0 Å².